The Balaban J connectivity index is 1.92. The Bertz CT molecular complexity index is 577. The van der Waals surface area contributed by atoms with Crippen LogP contribution in [0.2, 0.25) is 0 Å². The first-order valence-corrected chi connectivity index (χ1v) is 7.51. The predicted molar refractivity (Wildman–Crippen MR) is 69.0 cm³/mol. The summed E-state index contributed by atoms with van der Waals surface area (Å²) in [5.74, 6) is 0. The lowest BCUT2D eigenvalue weighted by Gasteiger charge is -2.15. The van der Waals surface area contributed by atoms with Crippen LogP contribution in [-0.2, 0) is 19.0 Å². The number of anilines is 1. The molecule has 2 rings (SSSR count). The molecule has 1 saturated heterocycles. The highest BCUT2D eigenvalue weighted by atomic mass is 32.2. The fourth-order valence-corrected chi connectivity index (χ4v) is 2.17. The molecule has 0 unspecified atom stereocenters. The Morgan fingerprint density at radius 1 is 1.47 bits per heavy atom. The molecular weight excluding hydrogens is 268 g/mol. The van der Waals surface area contributed by atoms with Gasteiger partial charge in [0.2, 0.25) is 0 Å². The second-order valence-corrected chi connectivity index (χ2v) is 5.93. The Hall–Kier alpha value is -1.62. The van der Waals surface area contributed by atoms with E-state index >= 15 is 0 Å². The van der Waals surface area contributed by atoms with E-state index in [9.17, 15) is 8.42 Å². The van der Waals surface area contributed by atoms with Crippen molar-refractivity contribution >= 4 is 15.8 Å². The second kappa shape index (κ2) is 5.57. The Morgan fingerprint density at radius 3 is 2.74 bits per heavy atom. The minimum absolute atomic E-state index is 0.0195. The highest BCUT2D eigenvalue weighted by molar-refractivity contribution is 7.85. The van der Waals surface area contributed by atoms with E-state index < -0.39 is 10.1 Å². The van der Waals surface area contributed by atoms with Crippen LogP contribution in [0.5, 0.6) is 0 Å². The molecule has 1 aliphatic rings. The first-order valence-electron chi connectivity index (χ1n) is 5.69. The zero-order valence-corrected chi connectivity index (χ0v) is 11.3. The zero-order valence-electron chi connectivity index (χ0n) is 10.4. The third-order valence-corrected chi connectivity index (χ3v) is 3.28. The average molecular weight is 282 g/mol. The summed E-state index contributed by atoms with van der Waals surface area (Å²) < 4.78 is 31.9. The van der Waals surface area contributed by atoms with Crippen LogP contribution in [0.15, 0.2) is 24.3 Å². The van der Waals surface area contributed by atoms with Crippen molar-refractivity contribution in [1.82, 2.24) is 0 Å². The number of hydrogen-bond acceptors (Lipinski definition) is 6. The molecule has 1 aromatic rings. The topological polar surface area (TPSA) is 79.6 Å². The predicted octanol–water partition coefficient (Wildman–Crippen LogP) is 0.697. The van der Waals surface area contributed by atoms with Gasteiger partial charge in [-0.3, -0.25) is 4.18 Å². The van der Waals surface area contributed by atoms with Crippen LogP contribution in [0.4, 0.5) is 5.69 Å². The lowest BCUT2D eigenvalue weighted by atomic mass is 10.2. The van der Waals surface area contributed by atoms with Crippen molar-refractivity contribution in [1.29, 1.82) is 5.26 Å². The summed E-state index contributed by atoms with van der Waals surface area (Å²) in [5.41, 5.74) is 1.53. The normalized spacial score (nSPS) is 19.4. The Labute approximate surface area is 112 Å². The first kappa shape index (κ1) is 13.8. The summed E-state index contributed by atoms with van der Waals surface area (Å²) in [7, 11) is -3.44. The molecule has 0 aromatic heterocycles. The standard InChI is InChI=1S/C12H14N2O4S/c1-19(15,16)18-8-12-7-14(9-17-12)11-4-2-10(6-13)3-5-11/h2-5,12H,7-9H2,1H3/t12-/m1/s1. The van der Waals surface area contributed by atoms with E-state index in [1.54, 1.807) is 12.1 Å². The number of ether oxygens (including phenoxy) is 1. The molecule has 102 valence electrons. The molecule has 1 aliphatic heterocycles. The van der Waals surface area contributed by atoms with Gasteiger partial charge in [-0.2, -0.15) is 13.7 Å². The van der Waals surface area contributed by atoms with E-state index in [2.05, 4.69) is 6.07 Å². The van der Waals surface area contributed by atoms with E-state index in [0.717, 1.165) is 11.9 Å². The first-order chi connectivity index (χ1) is 8.98. The molecule has 1 heterocycles. The van der Waals surface area contributed by atoms with Gasteiger partial charge in [0.05, 0.1) is 24.5 Å². The highest BCUT2D eigenvalue weighted by Crippen LogP contribution is 2.20. The van der Waals surface area contributed by atoms with Crippen LogP contribution in [0, 0.1) is 11.3 Å². The monoisotopic (exact) mass is 282 g/mol. The van der Waals surface area contributed by atoms with Crippen LogP contribution in [0.1, 0.15) is 5.56 Å². The van der Waals surface area contributed by atoms with Crippen LogP contribution < -0.4 is 4.90 Å². The van der Waals surface area contributed by atoms with Crippen molar-refractivity contribution in [2.45, 2.75) is 6.10 Å². The lowest BCUT2D eigenvalue weighted by Crippen LogP contribution is -2.25. The molecule has 0 radical (unpaired) electrons. The molecule has 0 N–H and O–H groups in total. The van der Waals surface area contributed by atoms with Crippen molar-refractivity contribution in [3.63, 3.8) is 0 Å². The van der Waals surface area contributed by atoms with Crippen molar-refractivity contribution in [2.24, 2.45) is 0 Å². The van der Waals surface area contributed by atoms with Gasteiger partial charge < -0.3 is 9.64 Å². The highest BCUT2D eigenvalue weighted by Gasteiger charge is 2.24. The van der Waals surface area contributed by atoms with E-state index in [-0.39, 0.29) is 12.7 Å². The number of benzene rings is 1. The Kier molecular flexibility index (Phi) is 4.04. The van der Waals surface area contributed by atoms with Crippen LogP contribution >= 0.6 is 0 Å². The summed E-state index contributed by atoms with van der Waals surface area (Å²) in [6, 6.07) is 9.19. The van der Waals surface area contributed by atoms with Gasteiger partial charge in [-0.05, 0) is 24.3 Å². The molecule has 1 fully saturated rings. The third-order valence-electron chi connectivity index (χ3n) is 2.72. The lowest BCUT2D eigenvalue weighted by molar-refractivity contribution is 0.0759. The van der Waals surface area contributed by atoms with Crippen molar-refractivity contribution in [3.05, 3.63) is 29.8 Å². The smallest absolute Gasteiger partial charge is 0.264 e. The van der Waals surface area contributed by atoms with Gasteiger partial charge in [-0.15, -0.1) is 0 Å². The van der Waals surface area contributed by atoms with E-state index in [1.807, 2.05) is 17.0 Å². The van der Waals surface area contributed by atoms with Crippen LogP contribution in [0.3, 0.4) is 0 Å². The van der Waals surface area contributed by atoms with Gasteiger partial charge in [0.25, 0.3) is 10.1 Å². The quantitative estimate of drug-likeness (QED) is 0.756. The van der Waals surface area contributed by atoms with Gasteiger partial charge in [-0.25, -0.2) is 0 Å². The molecule has 7 heteroatoms. The fourth-order valence-electron chi connectivity index (χ4n) is 1.77. The molecule has 6 nitrogen and oxygen atoms in total. The van der Waals surface area contributed by atoms with Gasteiger partial charge in [0.1, 0.15) is 12.8 Å². The third kappa shape index (κ3) is 3.92. The van der Waals surface area contributed by atoms with Gasteiger partial charge >= 0.3 is 0 Å². The minimum Gasteiger partial charge on any atom is -0.354 e. The maximum Gasteiger partial charge on any atom is 0.264 e. The molecule has 19 heavy (non-hydrogen) atoms. The van der Waals surface area contributed by atoms with Gasteiger partial charge in [-0.1, -0.05) is 0 Å². The molecule has 1 atom stereocenters. The van der Waals surface area contributed by atoms with Crippen LogP contribution in [-0.4, -0.2) is 40.7 Å². The summed E-state index contributed by atoms with van der Waals surface area (Å²) >= 11 is 0. The molecular formula is C12H14N2O4S. The van der Waals surface area contributed by atoms with Crippen molar-refractivity contribution in [3.8, 4) is 6.07 Å². The molecule has 0 spiro atoms. The number of nitrogens with zero attached hydrogens (tertiary/aromatic N) is 2. The molecule has 0 amide bonds. The summed E-state index contributed by atoms with van der Waals surface area (Å²) in [6.45, 7) is 0.955. The molecule has 1 aromatic carbocycles. The number of nitriles is 1. The van der Waals surface area contributed by atoms with Gasteiger partial charge in [0.15, 0.2) is 0 Å². The van der Waals surface area contributed by atoms with Gasteiger partial charge in [0, 0.05) is 12.2 Å². The van der Waals surface area contributed by atoms with Crippen LogP contribution in [0.25, 0.3) is 0 Å². The summed E-state index contributed by atoms with van der Waals surface area (Å²) in [5, 5.41) is 8.72. The molecule has 0 saturated carbocycles. The fraction of sp³-hybridized carbons (Fsp3) is 0.417. The van der Waals surface area contributed by atoms with E-state index in [1.165, 1.54) is 0 Å². The number of hydrogen-bond donors (Lipinski definition) is 0. The van der Waals surface area contributed by atoms with E-state index in [0.29, 0.717) is 18.8 Å². The number of rotatable bonds is 4. The maximum atomic E-state index is 10.9. The zero-order chi connectivity index (χ0) is 13.9. The van der Waals surface area contributed by atoms with Crippen molar-refractivity contribution in [2.75, 3.05) is 31.0 Å². The summed E-state index contributed by atoms with van der Waals surface area (Å²) in [6.07, 6.45) is 0.741. The maximum absolute atomic E-state index is 10.9. The molecule has 0 bridgehead atoms. The largest absolute Gasteiger partial charge is 0.354 e. The van der Waals surface area contributed by atoms with E-state index in [4.69, 9.17) is 14.2 Å². The van der Waals surface area contributed by atoms with Crippen molar-refractivity contribution < 1.29 is 17.3 Å². The molecule has 0 aliphatic carbocycles. The summed E-state index contributed by atoms with van der Waals surface area (Å²) in [4.78, 5) is 1.96. The minimum atomic E-state index is -3.44. The average Bonchev–Trinajstić information content (AvgIpc) is 2.84. The SMILES string of the molecule is CS(=O)(=O)OC[C@H]1CN(c2ccc(C#N)cc2)CO1. The second-order valence-electron chi connectivity index (χ2n) is 4.29. The Morgan fingerprint density at radius 2 is 2.16 bits per heavy atom.